The minimum absolute atomic E-state index is 0.349. The highest BCUT2D eigenvalue weighted by Crippen LogP contribution is 2.17. The zero-order chi connectivity index (χ0) is 15.1. The summed E-state index contributed by atoms with van der Waals surface area (Å²) < 4.78 is 0. The van der Waals surface area contributed by atoms with E-state index in [2.05, 4.69) is 22.4 Å². The molecular formula is C16H19N3O2. The molecule has 2 N–H and O–H groups in total. The molecule has 0 bridgehead atoms. The maximum atomic E-state index is 11.2. The Morgan fingerprint density at radius 2 is 2.00 bits per heavy atom. The molecule has 0 atom stereocenters. The maximum absolute atomic E-state index is 11.2. The molecule has 5 nitrogen and oxygen atoms in total. The summed E-state index contributed by atoms with van der Waals surface area (Å²) in [6.07, 6.45) is 1.73. The summed E-state index contributed by atoms with van der Waals surface area (Å²) in [5, 5.41) is 11.4. The number of anilines is 1. The van der Waals surface area contributed by atoms with Gasteiger partial charge in [-0.2, -0.15) is 0 Å². The van der Waals surface area contributed by atoms with Crippen molar-refractivity contribution in [2.24, 2.45) is 0 Å². The van der Waals surface area contributed by atoms with Crippen molar-refractivity contribution in [1.82, 2.24) is 10.3 Å². The summed E-state index contributed by atoms with van der Waals surface area (Å²) in [7, 11) is 1.96. The Bertz CT molecular complexity index is 587. The fourth-order valence-electron chi connectivity index (χ4n) is 2.09. The number of nitrogens with zero attached hydrogens (tertiary/aromatic N) is 2. The van der Waals surface area contributed by atoms with Gasteiger partial charge in [-0.25, -0.2) is 4.98 Å². The van der Waals surface area contributed by atoms with Gasteiger partial charge < -0.3 is 15.3 Å². The number of hydrogen-bond donors (Lipinski definition) is 2. The lowest BCUT2D eigenvalue weighted by atomic mass is 10.2. The molecule has 2 rings (SSSR count). The number of carbonyl (C=O) groups is 1. The Morgan fingerprint density at radius 3 is 2.71 bits per heavy atom. The third kappa shape index (κ3) is 4.29. The first kappa shape index (κ1) is 15.0. The molecule has 0 saturated carbocycles. The van der Waals surface area contributed by atoms with Crippen LogP contribution in [0, 0.1) is 0 Å². The lowest BCUT2D eigenvalue weighted by Crippen LogP contribution is -2.27. The third-order valence-electron chi connectivity index (χ3n) is 3.11. The van der Waals surface area contributed by atoms with Crippen LogP contribution in [0.1, 0.15) is 11.1 Å². The lowest BCUT2D eigenvalue weighted by Gasteiger charge is -2.21. The smallest absolute Gasteiger partial charge is 0.245 e. The molecule has 1 aromatic heterocycles. The summed E-state index contributed by atoms with van der Waals surface area (Å²) in [5.41, 5.74) is 2.11. The van der Waals surface area contributed by atoms with E-state index >= 15 is 0 Å². The summed E-state index contributed by atoms with van der Waals surface area (Å²) in [4.78, 5) is 17.6. The van der Waals surface area contributed by atoms with E-state index < -0.39 is 12.5 Å². The normalized spacial score (nSPS) is 10.2. The second kappa shape index (κ2) is 7.40. The predicted molar refractivity (Wildman–Crippen MR) is 81.7 cm³/mol. The molecule has 0 aliphatic carbocycles. The van der Waals surface area contributed by atoms with Crippen LogP contribution in [0.2, 0.25) is 0 Å². The van der Waals surface area contributed by atoms with Crippen LogP contribution < -0.4 is 10.2 Å². The van der Waals surface area contributed by atoms with Gasteiger partial charge in [0, 0.05) is 31.9 Å². The number of rotatable bonds is 6. The molecule has 0 fully saturated rings. The molecule has 1 amide bonds. The zero-order valence-electron chi connectivity index (χ0n) is 12.0. The summed E-state index contributed by atoms with van der Waals surface area (Å²) >= 11 is 0. The Morgan fingerprint density at radius 1 is 1.24 bits per heavy atom. The van der Waals surface area contributed by atoms with E-state index in [-0.39, 0.29) is 0 Å². The molecule has 5 heteroatoms. The number of nitrogens with one attached hydrogen (secondary N) is 1. The summed E-state index contributed by atoms with van der Waals surface area (Å²) in [5.74, 6) is 0.426. The second-order valence-electron chi connectivity index (χ2n) is 4.76. The largest absolute Gasteiger partial charge is 0.387 e. The molecule has 21 heavy (non-hydrogen) atoms. The van der Waals surface area contributed by atoms with Gasteiger partial charge in [0.05, 0.1) is 0 Å². The van der Waals surface area contributed by atoms with Crippen molar-refractivity contribution < 1.29 is 9.90 Å². The van der Waals surface area contributed by atoms with Crippen molar-refractivity contribution >= 4 is 11.7 Å². The van der Waals surface area contributed by atoms with Gasteiger partial charge >= 0.3 is 0 Å². The van der Waals surface area contributed by atoms with Crippen LogP contribution in [0.3, 0.4) is 0 Å². The zero-order valence-corrected chi connectivity index (χ0v) is 12.0. The van der Waals surface area contributed by atoms with Gasteiger partial charge in [0.25, 0.3) is 0 Å². The quantitative estimate of drug-likeness (QED) is 0.840. The van der Waals surface area contributed by atoms with Crippen LogP contribution in [-0.2, 0) is 17.9 Å². The molecular weight excluding hydrogens is 266 g/mol. The molecule has 2 aromatic rings. The average Bonchev–Trinajstić information content (AvgIpc) is 2.53. The molecule has 1 aromatic carbocycles. The first-order valence-corrected chi connectivity index (χ1v) is 6.77. The van der Waals surface area contributed by atoms with E-state index in [1.807, 2.05) is 42.3 Å². The van der Waals surface area contributed by atoms with Crippen LogP contribution in [0.5, 0.6) is 0 Å². The van der Waals surface area contributed by atoms with Crippen LogP contribution in [-0.4, -0.2) is 29.7 Å². The van der Waals surface area contributed by atoms with Gasteiger partial charge in [0.1, 0.15) is 12.4 Å². The fourth-order valence-corrected chi connectivity index (χ4v) is 2.09. The molecule has 0 radical (unpaired) electrons. The number of pyridine rings is 1. The Labute approximate surface area is 124 Å². The molecule has 1 heterocycles. The van der Waals surface area contributed by atoms with E-state index in [9.17, 15) is 4.79 Å². The standard InChI is InChI=1S/C16H19N3O2/c1-19(11-13-6-3-2-4-7-13)16-14(8-5-9-17-16)10-18-15(21)12-20/h2-9,20H,10-12H2,1H3,(H,18,21). The Balaban J connectivity index is 2.09. The number of aromatic nitrogens is 1. The monoisotopic (exact) mass is 285 g/mol. The third-order valence-corrected chi connectivity index (χ3v) is 3.11. The predicted octanol–water partition coefficient (Wildman–Crippen LogP) is 1.33. The number of carbonyl (C=O) groups excluding carboxylic acids is 1. The Hall–Kier alpha value is -2.40. The van der Waals surface area contributed by atoms with Gasteiger partial charge in [-0.1, -0.05) is 36.4 Å². The van der Waals surface area contributed by atoms with E-state index in [1.54, 1.807) is 6.20 Å². The minimum atomic E-state index is -0.505. The molecule has 0 saturated heterocycles. The second-order valence-corrected chi connectivity index (χ2v) is 4.76. The topological polar surface area (TPSA) is 65.5 Å². The van der Waals surface area contributed by atoms with Crippen molar-refractivity contribution in [3.63, 3.8) is 0 Å². The fraction of sp³-hybridized carbons (Fsp3) is 0.250. The van der Waals surface area contributed by atoms with Gasteiger partial charge in [-0.3, -0.25) is 4.79 Å². The molecule has 0 aliphatic rings. The first-order valence-electron chi connectivity index (χ1n) is 6.77. The maximum Gasteiger partial charge on any atom is 0.245 e. The number of aliphatic hydroxyl groups excluding tert-OH is 1. The number of benzene rings is 1. The molecule has 0 spiro atoms. The van der Waals surface area contributed by atoms with Crippen molar-refractivity contribution in [2.75, 3.05) is 18.6 Å². The van der Waals surface area contributed by atoms with Crippen molar-refractivity contribution in [2.45, 2.75) is 13.1 Å². The lowest BCUT2D eigenvalue weighted by molar-refractivity contribution is -0.123. The minimum Gasteiger partial charge on any atom is -0.387 e. The van der Waals surface area contributed by atoms with Gasteiger partial charge in [0.15, 0.2) is 0 Å². The average molecular weight is 285 g/mol. The molecule has 110 valence electrons. The van der Waals surface area contributed by atoms with Crippen molar-refractivity contribution in [3.8, 4) is 0 Å². The SMILES string of the molecule is CN(Cc1ccccc1)c1ncccc1CNC(=O)CO. The highest BCUT2D eigenvalue weighted by atomic mass is 16.3. The van der Waals surface area contributed by atoms with E-state index in [4.69, 9.17) is 5.11 Å². The van der Waals surface area contributed by atoms with Crippen molar-refractivity contribution in [3.05, 3.63) is 59.8 Å². The number of hydrogen-bond acceptors (Lipinski definition) is 4. The van der Waals surface area contributed by atoms with Crippen LogP contribution in [0.4, 0.5) is 5.82 Å². The van der Waals surface area contributed by atoms with Gasteiger partial charge in [0.2, 0.25) is 5.91 Å². The van der Waals surface area contributed by atoms with Crippen LogP contribution >= 0.6 is 0 Å². The molecule has 0 aliphatic heterocycles. The number of aliphatic hydroxyl groups is 1. The highest BCUT2D eigenvalue weighted by molar-refractivity contribution is 5.77. The van der Waals surface area contributed by atoms with Gasteiger partial charge in [-0.05, 0) is 11.6 Å². The summed E-state index contributed by atoms with van der Waals surface area (Å²) in [6, 6.07) is 13.9. The van der Waals surface area contributed by atoms with Gasteiger partial charge in [-0.15, -0.1) is 0 Å². The van der Waals surface area contributed by atoms with Crippen molar-refractivity contribution in [1.29, 1.82) is 0 Å². The highest BCUT2D eigenvalue weighted by Gasteiger charge is 2.10. The Kier molecular flexibility index (Phi) is 5.29. The van der Waals surface area contributed by atoms with E-state index in [1.165, 1.54) is 5.56 Å². The first-order chi connectivity index (χ1) is 10.2. The summed E-state index contributed by atoms with van der Waals surface area (Å²) in [6.45, 7) is 0.579. The van der Waals surface area contributed by atoms with Crippen LogP contribution in [0.25, 0.3) is 0 Å². The van der Waals surface area contributed by atoms with Crippen LogP contribution in [0.15, 0.2) is 48.7 Å². The van der Waals surface area contributed by atoms with E-state index in [0.717, 1.165) is 17.9 Å². The number of amides is 1. The molecule has 0 unspecified atom stereocenters. The van der Waals surface area contributed by atoms with E-state index in [0.29, 0.717) is 6.54 Å².